The van der Waals surface area contributed by atoms with Crippen molar-refractivity contribution in [2.75, 3.05) is 19.7 Å². The van der Waals surface area contributed by atoms with Crippen molar-refractivity contribution in [2.24, 2.45) is 0 Å². The first kappa shape index (κ1) is 26.7. The number of carboxylic acids is 1. The van der Waals surface area contributed by atoms with Crippen LogP contribution in [0.25, 0.3) is 11.0 Å². The van der Waals surface area contributed by atoms with Gasteiger partial charge in [0, 0.05) is 17.2 Å². The molecule has 40 heavy (non-hydrogen) atoms. The Balaban J connectivity index is 1.14. The Kier molecular flexibility index (Phi) is 7.74. The molecule has 6 rings (SSSR count). The molecule has 3 heterocycles. The second-order valence-electron chi connectivity index (χ2n) is 10.5. The predicted octanol–water partition coefficient (Wildman–Crippen LogP) is 6.27. The van der Waals surface area contributed by atoms with E-state index in [1.54, 1.807) is 30.3 Å². The van der Waals surface area contributed by atoms with Gasteiger partial charge in [0.1, 0.15) is 24.0 Å². The fourth-order valence-electron chi connectivity index (χ4n) is 5.61. The van der Waals surface area contributed by atoms with Crippen molar-refractivity contribution >= 4 is 28.6 Å². The van der Waals surface area contributed by atoms with Gasteiger partial charge in [-0.3, -0.25) is 4.90 Å². The predicted molar refractivity (Wildman–Crippen MR) is 150 cm³/mol. The number of nitrogens with zero attached hydrogens (tertiary/aromatic N) is 3. The first-order valence-corrected chi connectivity index (χ1v) is 14.0. The molecule has 1 aromatic heterocycles. The van der Waals surface area contributed by atoms with Crippen LogP contribution in [0.15, 0.2) is 60.7 Å². The standard InChI is InChI=1S/C31H31ClFN3O4/c32-23-7-5-22(26(33)16-23)19-40-29-4-2-1-3-25(29)20-9-12-35(13-10-20)18-30-34-27-8-6-21(31(37)38)15-28(27)36(30)17-24-11-14-39-24/h1-8,15-16,20,24H,9-14,17-19H2,(H,37,38). The molecule has 1 unspecified atom stereocenters. The molecule has 7 nitrogen and oxygen atoms in total. The summed E-state index contributed by atoms with van der Waals surface area (Å²) in [5.74, 6) is 0.739. The highest BCUT2D eigenvalue weighted by molar-refractivity contribution is 6.30. The van der Waals surface area contributed by atoms with Gasteiger partial charge in [0.05, 0.1) is 35.8 Å². The third-order valence-electron chi connectivity index (χ3n) is 7.96. The minimum atomic E-state index is -0.944. The van der Waals surface area contributed by atoms with Crippen LogP contribution in [0.5, 0.6) is 5.75 Å². The summed E-state index contributed by atoms with van der Waals surface area (Å²) in [5.41, 5.74) is 3.52. The van der Waals surface area contributed by atoms with E-state index in [1.165, 1.54) is 6.07 Å². The topological polar surface area (TPSA) is 76.8 Å². The molecule has 2 saturated heterocycles. The van der Waals surface area contributed by atoms with Crippen molar-refractivity contribution in [1.82, 2.24) is 14.5 Å². The van der Waals surface area contributed by atoms with Gasteiger partial charge in [-0.1, -0.05) is 35.9 Å². The van der Waals surface area contributed by atoms with Gasteiger partial charge in [-0.25, -0.2) is 14.2 Å². The molecule has 2 aliphatic heterocycles. The third-order valence-corrected chi connectivity index (χ3v) is 8.20. The molecule has 0 radical (unpaired) electrons. The van der Waals surface area contributed by atoms with Crippen LogP contribution >= 0.6 is 11.6 Å². The van der Waals surface area contributed by atoms with E-state index >= 15 is 0 Å². The summed E-state index contributed by atoms with van der Waals surface area (Å²) in [5, 5.41) is 9.87. The molecule has 1 atom stereocenters. The van der Waals surface area contributed by atoms with Crippen LogP contribution in [-0.4, -0.2) is 51.3 Å². The summed E-state index contributed by atoms with van der Waals surface area (Å²) < 4.78 is 28.2. The molecule has 4 aromatic rings. The number of aromatic carboxylic acids is 1. The SMILES string of the molecule is O=C(O)c1ccc2nc(CN3CCC(c4ccccc4OCc4ccc(Cl)cc4F)CC3)n(CC3CCO3)c2c1. The summed E-state index contributed by atoms with van der Waals surface area (Å²) in [4.78, 5) is 18.9. The lowest BCUT2D eigenvalue weighted by Crippen LogP contribution is -2.35. The first-order chi connectivity index (χ1) is 19.4. The molecule has 208 valence electrons. The smallest absolute Gasteiger partial charge is 0.335 e. The molecule has 2 aliphatic rings. The average Bonchev–Trinajstić information content (AvgIpc) is 3.26. The zero-order valence-electron chi connectivity index (χ0n) is 22.1. The summed E-state index contributed by atoms with van der Waals surface area (Å²) in [6, 6.07) is 17.8. The number of likely N-dealkylation sites (tertiary alicyclic amines) is 1. The third kappa shape index (κ3) is 5.70. The highest BCUT2D eigenvalue weighted by Gasteiger charge is 2.26. The van der Waals surface area contributed by atoms with Crippen LogP contribution in [0.1, 0.15) is 52.5 Å². The lowest BCUT2D eigenvalue weighted by atomic mass is 9.89. The number of carbonyl (C=O) groups is 1. The lowest BCUT2D eigenvalue weighted by Gasteiger charge is -2.33. The molecule has 0 spiro atoms. The van der Waals surface area contributed by atoms with Gasteiger partial charge in [-0.05, 0) is 80.2 Å². The van der Waals surface area contributed by atoms with Gasteiger partial charge in [-0.2, -0.15) is 0 Å². The molecular formula is C31H31ClFN3O4. The summed E-state index contributed by atoms with van der Waals surface area (Å²) in [7, 11) is 0. The first-order valence-electron chi connectivity index (χ1n) is 13.7. The summed E-state index contributed by atoms with van der Waals surface area (Å²) in [6.07, 6.45) is 3.05. The second kappa shape index (κ2) is 11.6. The largest absolute Gasteiger partial charge is 0.489 e. The van der Waals surface area contributed by atoms with Crippen LogP contribution in [0.2, 0.25) is 5.02 Å². The highest BCUT2D eigenvalue weighted by Crippen LogP contribution is 2.35. The Hall–Kier alpha value is -3.46. The number of piperidine rings is 1. The number of hydrogen-bond donors (Lipinski definition) is 1. The zero-order chi connectivity index (χ0) is 27.6. The Morgan fingerprint density at radius 2 is 1.90 bits per heavy atom. The van der Waals surface area contributed by atoms with E-state index in [4.69, 9.17) is 26.1 Å². The van der Waals surface area contributed by atoms with E-state index in [-0.39, 0.29) is 24.1 Å². The molecule has 0 amide bonds. The average molecular weight is 564 g/mol. The van der Waals surface area contributed by atoms with Crippen molar-refractivity contribution in [3.63, 3.8) is 0 Å². The number of halogens is 2. The Bertz CT molecular complexity index is 1530. The van der Waals surface area contributed by atoms with E-state index in [0.717, 1.165) is 67.1 Å². The maximum Gasteiger partial charge on any atom is 0.335 e. The molecule has 2 fully saturated rings. The lowest BCUT2D eigenvalue weighted by molar-refractivity contribution is -0.0592. The van der Waals surface area contributed by atoms with Crippen molar-refractivity contribution in [2.45, 2.75) is 51.0 Å². The number of rotatable bonds is 9. The fraction of sp³-hybridized carbons (Fsp3) is 0.355. The van der Waals surface area contributed by atoms with Gasteiger partial charge in [-0.15, -0.1) is 0 Å². The maximum atomic E-state index is 14.3. The molecule has 3 aromatic carbocycles. The number of hydrogen-bond acceptors (Lipinski definition) is 5. The van der Waals surface area contributed by atoms with Crippen molar-refractivity contribution < 1.29 is 23.8 Å². The number of imidazole rings is 1. The fourth-order valence-corrected chi connectivity index (χ4v) is 5.77. The number of carboxylic acid groups (broad SMARTS) is 1. The van der Waals surface area contributed by atoms with E-state index in [2.05, 4.69) is 15.5 Å². The summed E-state index contributed by atoms with van der Waals surface area (Å²) in [6.45, 7) is 4.06. The van der Waals surface area contributed by atoms with E-state index in [0.29, 0.717) is 29.6 Å². The Labute approximate surface area is 237 Å². The van der Waals surface area contributed by atoms with E-state index in [1.807, 2.05) is 18.2 Å². The van der Waals surface area contributed by atoms with Gasteiger partial charge in [0.25, 0.3) is 0 Å². The van der Waals surface area contributed by atoms with Gasteiger partial charge in [0.2, 0.25) is 0 Å². The molecule has 0 bridgehead atoms. The van der Waals surface area contributed by atoms with Crippen LogP contribution in [-0.2, 0) is 24.4 Å². The van der Waals surface area contributed by atoms with Crippen molar-refractivity contribution in [1.29, 1.82) is 0 Å². The number of ether oxygens (including phenoxy) is 2. The minimum absolute atomic E-state index is 0.133. The van der Waals surface area contributed by atoms with Crippen LogP contribution in [0, 0.1) is 5.82 Å². The number of para-hydroxylation sites is 1. The molecule has 1 N–H and O–H groups in total. The van der Waals surface area contributed by atoms with Crippen LogP contribution in [0.3, 0.4) is 0 Å². The molecule has 0 saturated carbocycles. The molecular weight excluding hydrogens is 533 g/mol. The Morgan fingerprint density at radius 1 is 1.10 bits per heavy atom. The maximum absolute atomic E-state index is 14.3. The molecule has 0 aliphatic carbocycles. The van der Waals surface area contributed by atoms with E-state index < -0.39 is 5.97 Å². The van der Waals surface area contributed by atoms with Crippen molar-refractivity contribution in [3.8, 4) is 5.75 Å². The molecule has 9 heteroatoms. The number of aromatic nitrogens is 2. The van der Waals surface area contributed by atoms with Crippen molar-refractivity contribution in [3.05, 3.63) is 94.0 Å². The quantitative estimate of drug-likeness (QED) is 0.258. The van der Waals surface area contributed by atoms with Gasteiger partial charge >= 0.3 is 5.97 Å². The Morgan fingerprint density at radius 3 is 2.62 bits per heavy atom. The number of fused-ring (bicyclic) bond motifs is 1. The van der Waals surface area contributed by atoms with E-state index in [9.17, 15) is 14.3 Å². The zero-order valence-corrected chi connectivity index (χ0v) is 22.8. The van der Waals surface area contributed by atoms with Crippen LogP contribution < -0.4 is 4.74 Å². The summed E-state index contributed by atoms with van der Waals surface area (Å²) >= 11 is 5.88. The second-order valence-corrected chi connectivity index (χ2v) is 11.0. The number of benzene rings is 3. The van der Waals surface area contributed by atoms with Crippen LogP contribution in [0.4, 0.5) is 4.39 Å². The normalized spacial score (nSPS) is 18.1. The van der Waals surface area contributed by atoms with Gasteiger partial charge < -0.3 is 19.1 Å². The van der Waals surface area contributed by atoms with Gasteiger partial charge in [0.15, 0.2) is 0 Å². The minimum Gasteiger partial charge on any atom is -0.489 e. The monoisotopic (exact) mass is 563 g/mol. The highest BCUT2D eigenvalue weighted by atomic mass is 35.5.